The van der Waals surface area contributed by atoms with Crippen molar-refractivity contribution in [2.24, 2.45) is 10.2 Å². The number of hydrogen-bond acceptors (Lipinski definition) is 4. The summed E-state index contributed by atoms with van der Waals surface area (Å²) in [5.74, 6) is -0.0595. The molecular weight excluding hydrogens is 294 g/mol. The molecule has 1 heterocycles. The van der Waals surface area contributed by atoms with E-state index in [0.717, 1.165) is 5.56 Å². The van der Waals surface area contributed by atoms with Crippen LogP contribution in [0, 0.1) is 6.92 Å². The minimum Gasteiger partial charge on any atom is -0.495 e. The van der Waals surface area contributed by atoms with Crippen molar-refractivity contribution < 1.29 is 14.6 Å². The number of rotatable bonds is 3. The molecule has 6 heteroatoms. The van der Waals surface area contributed by atoms with Gasteiger partial charge in [0.1, 0.15) is 5.75 Å². The van der Waals surface area contributed by atoms with Crippen LogP contribution in [0.5, 0.6) is 11.6 Å². The van der Waals surface area contributed by atoms with E-state index in [-0.39, 0.29) is 11.6 Å². The van der Waals surface area contributed by atoms with E-state index < -0.39 is 5.91 Å². The maximum Gasteiger partial charge on any atom is 0.295 e. The Morgan fingerprint density at radius 2 is 1.91 bits per heavy atom. The predicted molar refractivity (Wildman–Crippen MR) is 86.5 cm³/mol. The molecule has 1 amide bonds. The monoisotopic (exact) mass is 309 g/mol. The first-order valence-electron chi connectivity index (χ1n) is 7.00. The van der Waals surface area contributed by atoms with E-state index in [0.29, 0.717) is 22.2 Å². The van der Waals surface area contributed by atoms with Crippen molar-refractivity contribution in [3.8, 4) is 11.6 Å². The van der Waals surface area contributed by atoms with Gasteiger partial charge in [-0.2, -0.15) is 0 Å². The highest BCUT2D eigenvalue weighted by atomic mass is 16.5. The van der Waals surface area contributed by atoms with E-state index in [1.165, 1.54) is 7.11 Å². The number of nitrogens with one attached hydrogen (secondary N) is 1. The van der Waals surface area contributed by atoms with E-state index in [2.05, 4.69) is 15.2 Å². The van der Waals surface area contributed by atoms with Crippen LogP contribution < -0.4 is 4.74 Å². The summed E-state index contributed by atoms with van der Waals surface area (Å²) in [6.45, 7) is 1.94. The van der Waals surface area contributed by atoms with Crippen LogP contribution in [0.3, 0.4) is 0 Å². The van der Waals surface area contributed by atoms with E-state index in [1.807, 2.05) is 19.1 Å². The van der Waals surface area contributed by atoms with Crippen LogP contribution in [0.1, 0.15) is 15.9 Å². The lowest BCUT2D eigenvalue weighted by Crippen LogP contribution is -1.92. The Hall–Kier alpha value is -3.15. The topological polar surface area (TPSA) is 87.0 Å². The number of azo groups is 1. The lowest BCUT2D eigenvalue weighted by atomic mass is 10.1. The molecule has 0 spiro atoms. The van der Waals surface area contributed by atoms with Gasteiger partial charge in [0.25, 0.3) is 5.91 Å². The molecule has 3 rings (SSSR count). The summed E-state index contributed by atoms with van der Waals surface area (Å²) in [6, 6.07) is 12.3. The number of amides is 1. The molecule has 23 heavy (non-hydrogen) atoms. The first-order valence-corrected chi connectivity index (χ1v) is 7.00. The third-order valence-corrected chi connectivity index (χ3v) is 3.51. The number of aromatic amines is 1. The molecule has 6 nitrogen and oxygen atoms in total. The van der Waals surface area contributed by atoms with Gasteiger partial charge in [0.15, 0.2) is 5.69 Å². The molecule has 3 aromatic rings. The number of H-pyrrole nitrogens is 1. The number of methoxy groups -OCH3 is 1. The molecule has 0 bridgehead atoms. The quantitative estimate of drug-likeness (QED) is 0.713. The molecule has 0 aliphatic heterocycles. The molecular formula is C17H15N3O3. The summed E-state index contributed by atoms with van der Waals surface area (Å²) in [5.41, 5.74) is 2.31. The second-order valence-electron chi connectivity index (χ2n) is 5.08. The second kappa shape index (κ2) is 5.92. The molecule has 0 aliphatic rings. The van der Waals surface area contributed by atoms with E-state index >= 15 is 0 Å². The number of aromatic hydroxyl groups is 1. The van der Waals surface area contributed by atoms with Gasteiger partial charge >= 0.3 is 0 Å². The molecule has 0 radical (unpaired) electrons. The van der Waals surface area contributed by atoms with Gasteiger partial charge in [-0.3, -0.25) is 4.79 Å². The molecule has 0 fully saturated rings. The van der Waals surface area contributed by atoms with Crippen molar-refractivity contribution in [1.29, 1.82) is 0 Å². The van der Waals surface area contributed by atoms with Gasteiger partial charge in [-0.25, -0.2) is 0 Å². The summed E-state index contributed by atoms with van der Waals surface area (Å²) in [7, 11) is 1.54. The number of carbonyl (C=O) groups excluding carboxylic acids is 1. The van der Waals surface area contributed by atoms with Gasteiger partial charge in [0.2, 0.25) is 5.88 Å². The zero-order chi connectivity index (χ0) is 16.4. The number of para-hydroxylation sites is 1. The van der Waals surface area contributed by atoms with Gasteiger partial charge in [-0.1, -0.05) is 29.8 Å². The number of benzene rings is 2. The fraction of sp³-hybridized carbons (Fsp3) is 0.118. The van der Waals surface area contributed by atoms with Gasteiger partial charge in [-0.05, 0) is 25.1 Å². The number of aromatic nitrogens is 1. The Bertz CT molecular complexity index is 895. The van der Waals surface area contributed by atoms with Crippen molar-refractivity contribution in [3.63, 3.8) is 0 Å². The molecule has 0 saturated heterocycles. The van der Waals surface area contributed by atoms with E-state index in [1.54, 1.807) is 30.3 Å². The molecule has 0 saturated carbocycles. The summed E-state index contributed by atoms with van der Waals surface area (Å²) in [5, 5.41) is 18.2. The molecule has 116 valence electrons. The zero-order valence-corrected chi connectivity index (χ0v) is 12.7. The van der Waals surface area contributed by atoms with Gasteiger partial charge in [0.05, 0.1) is 12.6 Å². The summed E-state index contributed by atoms with van der Waals surface area (Å²) >= 11 is 0. The van der Waals surface area contributed by atoms with Crippen molar-refractivity contribution in [1.82, 2.24) is 4.98 Å². The number of aryl methyl sites for hydroxylation is 1. The van der Waals surface area contributed by atoms with Crippen LogP contribution in [-0.2, 0) is 0 Å². The van der Waals surface area contributed by atoms with Crippen LogP contribution in [-0.4, -0.2) is 23.1 Å². The van der Waals surface area contributed by atoms with Crippen LogP contribution in [0.4, 0.5) is 5.69 Å². The second-order valence-corrected chi connectivity index (χ2v) is 5.08. The first kappa shape index (κ1) is 14.8. The smallest absolute Gasteiger partial charge is 0.295 e. The van der Waals surface area contributed by atoms with Crippen molar-refractivity contribution in [2.45, 2.75) is 6.92 Å². The third-order valence-electron chi connectivity index (χ3n) is 3.51. The standard InChI is InChI=1S/C17H15N3O3/c1-10-6-8-11(9-7-10)16(21)20-19-15-12-4-3-5-13(23-2)14(12)18-17(15)22/h3-9,18,22H,1-2H3. The van der Waals surface area contributed by atoms with Crippen LogP contribution in [0.25, 0.3) is 10.9 Å². The lowest BCUT2D eigenvalue weighted by Gasteiger charge is -1.99. The fourth-order valence-corrected chi connectivity index (χ4v) is 2.28. The zero-order valence-electron chi connectivity index (χ0n) is 12.7. The molecule has 2 aromatic carbocycles. The Morgan fingerprint density at radius 1 is 1.17 bits per heavy atom. The predicted octanol–water partition coefficient (Wildman–Crippen LogP) is 4.11. The highest BCUT2D eigenvalue weighted by Crippen LogP contribution is 2.39. The van der Waals surface area contributed by atoms with Crippen molar-refractivity contribution in [2.75, 3.05) is 7.11 Å². The van der Waals surface area contributed by atoms with Crippen LogP contribution in [0.15, 0.2) is 52.7 Å². The maximum atomic E-state index is 12.0. The Morgan fingerprint density at radius 3 is 2.61 bits per heavy atom. The first-order chi connectivity index (χ1) is 11.1. The number of nitrogens with zero attached hydrogens (tertiary/aromatic N) is 2. The Balaban J connectivity index is 1.96. The van der Waals surface area contributed by atoms with Crippen molar-refractivity contribution in [3.05, 3.63) is 53.6 Å². The number of fused-ring (bicyclic) bond motifs is 1. The number of hydrogen-bond donors (Lipinski definition) is 2. The maximum absolute atomic E-state index is 12.0. The molecule has 0 unspecified atom stereocenters. The average molecular weight is 309 g/mol. The minimum absolute atomic E-state index is 0.162. The SMILES string of the molecule is COc1cccc2c(N=NC(=O)c3ccc(C)cc3)c(O)[nH]c12. The van der Waals surface area contributed by atoms with Gasteiger partial charge in [0, 0.05) is 10.9 Å². The fourth-order valence-electron chi connectivity index (χ4n) is 2.28. The molecule has 0 aliphatic carbocycles. The van der Waals surface area contributed by atoms with Gasteiger partial charge in [-0.15, -0.1) is 10.2 Å². The number of ether oxygens (including phenoxy) is 1. The minimum atomic E-state index is -0.471. The third kappa shape index (κ3) is 2.78. The molecule has 0 atom stereocenters. The largest absolute Gasteiger partial charge is 0.495 e. The summed E-state index contributed by atoms with van der Waals surface area (Å²) in [4.78, 5) is 14.8. The Kier molecular flexibility index (Phi) is 3.80. The van der Waals surface area contributed by atoms with E-state index in [9.17, 15) is 9.90 Å². The average Bonchev–Trinajstić information content (AvgIpc) is 2.88. The molecule has 1 aromatic heterocycles. The summed E-state index contributed by atoms with van der Waals surface area (Å²) < 4.78 is 5.22. The summed E-state index contributed by atoms with van der Waals surface area (Å²) in [6.07, 6.45) is 0. The molecule has 2 N–H and O–H groups in total. The Labute approximate surface area is 132 Å². The van der Waals surface area contributed by atoms with Crippen molar-refractivity contribution >= 4 is 22.5 Å². The van der Waals surface area contributed by atoms with Gasteiger partial charge < -0.3 is 14.8 Å². The normalized spacial score (nSPS) is 11.2. The highest BCUT2D eigenvalue weighted by Gasteiger charge is 2.14. The number of carbonyl (C=O) groups is 1. The lowest BCUT2D eigenvalue weighted by molar-refractivity contribution is 0.0995. The van der Waals surface area contributed by atoms with E-state index in [4.69, 9.17) is 4.74 Å². The highest BCUT2D eigenvalue weighted by molar-refractivity contribution is 5.98. The van der Waals surface area contributed by atoms with Crippen LogP contribution >= 0.6 is 0 Å². The van der Waals surface area contributed by atoms with Crippen LogP contribution in [0.2, 0.25) is 0 Å².